The first kappa shape index (κ1) is 13.7. The van der Waals surface area contributed by atoms with E-state index in [4.69, 9.17) is 0 Å². The lowest BCUT2D eigenvalue weighted by Gasteiger charge is -2.30. The zero-order valence-electron chi connectivity index (χ0n) is 12.2. The highest BCUT2D eigenvalue weighted by atomic mass is 16.2. The predicted octanol–water partition coefficient (Wildman–Crippen LogP) is -0.216. The van der Waals surface area contributed by atoms with Crippen molar-refractivity contribution in [3.8, 4) is 0 Å². The number of amides is 1. The first-order valence-electron chi connectivity index (χ1n) is 7.09. The first-order chi connectivity index (χ1) is 10.1. The van der Waals surface area contributed by atoms with Crippen LogP contribution in [-0.4, -0.2) is 48.7 Å². The number of likely N-dealkylation sites (tertiary alicyclic amines) is 1. The Morgan fingerprint density at radius 1 is 1.48 bits per heavy atom. The average molecular weight is 290 g/mol. The molecule has 1 saturated heterocycles. The molecule has 2 aromatic rings. The van der Waals surface area contributed by atoms with Crippen LogP contribution in [0.3, 0.4) is 0 Å². The monoisotopic (exact) mass is 290 g/mol. The standard InChI is InChI=1S/C13H18N6O2/c1-9-4-3-5-18(7-9)11(20)8-19-13(21)10-6-14-17(2)12(10)15-16-19/h6,9H,3-5,7-8H2,1-2H3. The fraction of sp³-hybridized carbons (Fsp3) is 0.615. The normalized spacial score (nSPS) is 19.1. The van der Waals surface area contributed by atoms with Crippen LogP contribution in [0.25, 0.3) is 11.0 Å². The summed E-state index contributed by atoms with van der Waals surface area (Å²) in [4.78, 5) is 26.3. The van der Waals surface area contributed by atoms with E-state index < -0.39 is 0 Å². The second-order valence-electron chi connectivity index (χ2n) is 5.64. The van der Waals surface area contributed by atoms with Crippen LogP contribution in [0.5, 0.6) is 0 Å². The highest BCUT2D eigenvalue weighted by molar-refractivity contribution is 5.77. The molecule has 0 saturated carbocycles. The average Bonchev–Trinajstić information content (AvgIpc) is 2.84. The number of hydrogen-bond acceptors (Lipinski definition) is 5. The molecular formula is C13H18N6O2. The minimum atomic E-state index is -0.327. The summed E-state index contributed by atoms with van der Waals surface area (Å²) in [6, 6.07) is 0. The number of aryl methyl sites for hydroxylation is 1. The quantitative estimate of drug-likeness (QED) is 0.763. The van der Waals surface area contributed by atoms with Gasteiger partial charge < -0.3 is 4.90 Å². The summed E-state index contributed by atoms with van der Waals surface area (Å²) in [5, 5.41) is 12.2. The molecule has 1 aliphatic heterocycles. The maximum Gasteiger partial charge on any atom is 0.281 e. The van der Waals surface area contributed by atoms with Gasteiger partial charge in [0.1, 0.15) is 11.9 Å². The van der Waals surface area contributed by atoms with Gasteiger partial charge in [-0.25, -0.2) is 9.36 Å². The fourth-order valence-electron chi connectivity index (χ4n) is 2.72. The highest BCUT2D eigenvalue weighted by Crippen LogP contribution is 2.15. The topological polar surface area (TPSA) is 85.9 Å². The molecular weight excluding hydrogens is 272 g/mol. The van der Waals surface area contributed by atoms with E-state index in [-0.39, 0.29) is 18.0 Å². The molecule has 1 amide bonds. The molecule has 2 aromatic heterocycles. The van der Waals surface area contributed by atoms with E-state index in [0.717, 1.165) is 30.6 Å². The SMILES string of the molecule is CC1CCCN(C(=O)Cn2nnc3c(cnn3C)c2=O)C1. The van der Waals surface area contributed by atoms with Gasteiger partial charge in [-0.05, 0) is 18.8 Å². The second kappa shape index (κ2) is 5.27. The highest BCUT2D eigenvalue weighted by Gasteiger charge is 2.22. The van der Waals surface area contributed by atoms with Gasteiger partial charge in [-0.3, -0.25) is 9.59 Å². The molecule has 0 N–H and O–H groups in total. The number of carbonyl (C=O) groups is 1. The Labute approximate surface area is 121 Å². The summed E-state index contributed by atoms with van der Waals surface area (Å²) < 4.78 is 2.60. The number of hydrogen-bond donors (Lipinski definition) is 0. The van der Waals surface area contributed by atoms with Crippen molar-refractivity contribution in [2.45, 2.75) is 26.3 Å². The van der Waals surface area contributed by atoms with Crippen LogP contribution in [0.4, 0.5) is 0 Å². The van der Waals surface area contributed by atoms with Crippen LogP contribution in [0, 0.1) is 5.92 Å². The number of fused-ring (bicyclic) bond motifs is 1. The summed E-state index contributed by atoms with van der Waals surface area (Å²) in [6.07, 6.45) is 3.61. The summed E-state index contributed by atoms with van der Waals surface area (Å²) in [7, 11) is 1.70. The Kier molecular flexibility index (Phi) is 3.44. The molecule has 1 fully saturated rings. The summed E-state index contributed by atoms with van der Waals surface area (Å²) in [5.74, 6) is 0.424. The van der Waals surface area contributed by atoms with Crippen molar-refractivity contribution in [3.63, 3.8) is 0 Å². The molecule has 112 valence electrons. The van der Waals surface area contributed by atoms with Crippen molar-refractivity contribution < 1.29 is 4.79 Å². The fourth-order valence-corrected chi connectivity index (χ4v) is 2.72. The molecule has 1 aliphatic rings. The van der Waals surface area contributed by atoms with Crippen LogP contribution >= 0.6 is 0 Å². The smallest absolute Gasteiger partial charge is 0.281 e. The maximum absolute atomic E-state index is 12.3. The van der Waals surface area contributed by atoms with Crippen molar-refractivity contribution in [1.29, 1.82) is 0 Å². The number of piperidine rings is 1. The zero-order valence-corrected chi connectivity index (χ0v) is 12.2. The van der Waals surface area contributed by atoms with Crippen molar-refractivity contribution in [1.82, 2.24) is 29.7 Å². The molecule has 3 heterocycles. The number of aromatic nitrogens is 5. The van der Waals surface area contributed by atoms with E-state index in [1.54, 1.807) is 11.9 Å². The molecule has 8 heteroatoms. The van der Waals surface area contributed by atoms with Crippen LogP contribution in [-0.2, 0) is 18.4 Å². The van der Waals surface area contributed by atoms with Crippen LogP contribution in [0.2, 0.25) is 0 Å². The summed E-state index contributed by atoms with van der Waals surface area (Å²) >= 11 is 0. The number of nitrogens with zero attached hydrogens (tertiary/aromatic N) is 6. The van der Waals surface area contributed by atoms with Crippen molar-refractivity contribution >= 4 is 16.9 Å². The molecule has 3 rings (SSSR count). The van der Waals surface area contributed by atoms with Gasteiger partial charge in [0, 0.05) is 20.1 Å². The largest absolute Gasteiger partial charge is 0.341 e. The van der Waals surface area contributed by atoms with Crippen molar-refractivity contribution in [3.05, 3.63) is 16.6 Å². The van der Waals surface area contributed by atoms with E-state index in [1.807, 2.05) is 0 Å². The van der Waals surface area contributed by atoms with E-state index in [0.29, 0.717) is 17.0 Å². The summed E-state index contributed by atoms with van der Waals surface area (Å²) in [6.45, 7) is 3.56. The molecule has 0 aliphatic carbocycles. The maximum atomic E-state index is 12.3. The molecule has 8 nitrogen and oxygen atoms in total. The Hall–Kier alpha value is -2.25. The summed E-state index contributed by atoms with van der Waals surface area (Å²) in [5.41, 5.74) is 0.0989. The van der Waals surface area contributed by atoms with E-state index in [9.17, 15) is 9.59 Å². The minimum absolute atomic E-state index is 0.0661. The molecule has 1 atom stereocenters. The Morgan fingerprint density at radius 3 is 3.05 bits per heavy atom. The first-order valence-corrected chi connectivity index (χ1v) is 7.09. The third kappa shape index (κ3) is 2.53. The van der Waals surface area contributed by atoms with Gasteiger partial charge in [-0.2, -0.15) is 5.10 Å². The van der Waals surface area contributed by atoms with Gasteiger partial charge >= 0.3 is 0 Å². The number of carbonyl (C=O) groups excluding carboxylic acids is 1. The molecule has 0 aromatic carbocycles. The van der Waals surface area contributed by atoms with E-state index in [2.05, 4.69) is 22.3 Å². The van der Waals surface area contributed by atoms with Gasteiger partial charge in [-0.15, -0.1) is 5.10 Å². The van der Waals surface area contributed by atoms with E-state index >= 15 is 0 Å². The predicted molar refractivity (Wildman–Crippen MR) is 75.5 cm³/mol. The lowest BCUT2D eigenvalue weighted by molar-refractivity contribution is -0.133. The third-order valence-corrected chi connectivity index (χ3v) is 3.91. The third-order valence-electron chi connectivity index (χ3n) is 3.91. The van der Waals surface area contributed by atoms with Crippen molar-refractivity contribution in [2.75, 3.05) is 13.1 Å². The van der Waals surface area contributed by atoms with Crippen molar-refractivity contribution in [2.24, 2.45) is 13.0 Å². The molecule has 1 unspecified atom stereocenters. The van der Waals surface area contributed by atoms with Gasteiger partial charge in [0.05, 0.1) is 6.20 Å². The van der Waals surface area contributed by atoms with Crippen LogP contribution < -0.4 is 5.56 Å². The van der Waals surface area contributed by atoms with Crippen LogP contribution in [0.1, 0.15) is 19.8 Å². The lowest BCUT2D eigenvalue weighted by Crippen LogP contribution is -2.42. The molecule has 0 radical (unpaired) electrons. The van der Waals surface area contributed by atoms with Gasteiger partial charge in [-0.1, -0.05) is 12.1 Å². The Balaban J connectivity index is 1.83. The lowest BCUT2D eigenvalue weighted by atomic mass is 10.0. The van der Waals surface area contributed by atoms with Crippen LogP contribution in [0.15, 0.2) is 11.0 Å². The van der Waals surface area contributed by atoms with Gasteiger partial charge in [0.25, 0.3) is 5.56 Å². The Morgan fingerprint density at radius 2 is 2.29 bits per heavy atom. The Bertz CT molecular complexity index is 734. The van der Waals surface area contributed by atoms with Gasteiger partial charge in [0.15, 0.2) is 5.65 Å². The molecule has 0 bridgehead atoms. The molecule has 21 heavy (non-hydrogen) atoms. The van der Waals surface area contributed by atoms with Gasteiger partial charge in [0.2, 0.25) is 5.91 Å². The second-order valence-corrected chi connectivity index (χ2v) is 5.64. The molecule has 0 spiro atoms. The minimum Gasteiger partial charge on any atom is -0.341 e. The zero-order chi connectivity index (χ0) is 15.0. The van der Waals surface area contributed by atoms with E-state index in [1.165, 1.54) is 10.9 Å². The number of rotatable bonds is 2.